The molecule has 0 radical (unpaired) electrons. The highest BCUT2D eigenvalue weighted by Crippen LogP contribution is 2.28. The van der Waals surface area contributed by atoms with Gasteiger partial charge in [0.1, 0.15) is 0 Å². The van der Waals surface area contributed by atoms with Crippen LogP contribution in [0.25, 0.3) is 0 Å². The van der Waals surface area contributed by atoms with E-state index in [1.54, 1.807) is 28.6 Å². The first kappa shape index (κ1) is 24.6. The van der Waals surface area contributed by atoms with E-state index in [0.717, 1.165) is 65.2 Å². The number of benzene rings is 1. The Morgan fingerprint density at radius 3 is 2.36 bits per heavy atom. The molecular weight excluding hydrogens is 438 g/mol. The lowest BCUT2D eigenvalue weighted by molar-refractivity contribution is 0.0332. The predicted molar refractivity (Wildman–Crippen MR) is 129 cm³/mol. The summed E-state index contributed by atoms with van der Waals surface area (Å²) in [6.07, 6.45) is 4.24. The van der Waals surface area contributed by atoms with Crippen molar-refractivity contribution in [3.63, 3.8) is 0 Å². The van der Waals surface area contributed by atoms with Crippen molar-refractivity contribution >= 4 is 15.9 Å². The Morgan fingerprint density at radius 1 is 1.03 bits per heavy atom. The summed E-state index contributed by atoms with van der Waals surface area (Å²) >= 11 is 0. The molecule has 0 saturated carbocycles. The lowest BCUT2D eigenvalue weighted by Gasteiger charge is -2.34. The molecule has 1 aromatic carbocycles. The van der Waals surface area contributed by atoms with Crippen molar-refractivity contribution in [2.45, 2.75) is 44.4 Å². The molecule has 2 unspecified atom stereocenters. The summed E-state index contributed by atoms with van der Waals surface area (Å²) in [5.41, 5.74) is 0.473. The van der Waals surface area contributed by atoms with Crippen LogP contribution in [0.1, 0.15) is 49.9 Å². The summed E-state index contributed by atoms with van der Waals surface area (Å²) < 4.78 is 33.5. The number of sulfonamides is 1. The normalized spacial score (nSPS) is 26.4. The van der Waals surface area contributed by atoms with Gasteiger partial charge in [-0.2, -0.15) is 4.31 Å². The first-order valence-corrected chi connectivity index (χ1v) is 14.0. The number of carbonyl (C=O) groups excluding carboxylic acids is 1. The van der Waals surface area contributed by atoms with Gasteiger partial charge in [-0.25, -0.2) is 8.42 Å². The maximum Gasteiger partial charge on any atom is 0.253 e. The van der Waals surface area contributed by atoms with Gasteiger partial charge in [0.15, 0.2) is 0 Å². The second kappa shape index (κ2) is 10.8. The van der Waals surface area contributed by atoms with Crippen molar-refractivity contribution in [2.24, 2.45) is 17.8 Å². The average molecular weight is 478 g/mol. The molecule has 33 heavy (non-hydrogen) atoms. The second-order valence-corrected chi connectivity index (χ2v) is 12.2. The van der Waals surface area contributed by atoms with E-state index >= 15 is 0 Å². The van der Waals surface area contributed by atoms with Crippen molar-refractivity contribution in [1.29, 1.82) is 0 Å². The van der Waals surface area contributed by atoms with E-state index in [0.29, 0.717) is 36.4 Å². The zero-order valence-corrected chi connectivity index (χ0v) is 20.9. The maximum atomic E-state index is 13.3. The number of amides is 1. The smallest absolute Gasteiger partial charge is 0.253 e. The molecule has 3 aliphatic rings. The molecule has 184 valence electrons. The fourth-order valence-electron chi connectivity index (χ4n) is 5.54. The number of hydrogen-bond donors (Lipinski definition) is 0. The quantitative estimate of drug-likeness (QED) is 0.630. The van der Waals surface area contributed by atoms with Gasteiger partial charge in [-0.3, -0.25) is 9.69 Å². The van der Waals surface area contributed by atoms with E-state index in [2.05, 4.69) is 18.7 Å². The highest BCUT2D eigenvalue weighted by molar-refractivity contribution is 7.89. The largest absolute Gasteiger partial charge is 0.379 e. The van der Waals surface area contributed by atoms with Gasteiger partial charge in [0.2, 0.25) is 10.0 Å². The standard InChI is InChI=1S/C25H39N3O4S/c1-20-16-21(2)19-28(18-20)33(30,31)24-5-3-4-23(17-24)25(29)27-10-7-22(8-11-27)6-9-26-12-14-32-15-13-26/h3-5,17,20-22H,6-16,18-19H2,1-2H3. The van der Waals surface area contributed by atoms with Gasteiger partial charge in [-0.15, -0.1) is 0 Å². The SMILES string of the molecule is CC1CC(C)CN(S(=O)(=O)c2cccc(C(=O)N3CCC(CCN4CCOCC4)CC3)c2)C1. The predicted octanol–water partition coefficient (Wildman–Crippen LogP) is 2.93. The number of hydrogen-bond acceptors (Lipinski definition) is 5. The maximum absolute atomic E-state index is 13.3. The molecule has 3 heterocycles. The highest BCUT2D eigenvalue weighted by atomic mass is 32.2. The van der Waals surface area contributed by atoms with Crippen LogP contribution in [0.3, 0.4) is 0 Å². The van der Waals surface area contributed by atoms with Crippen molar-refractivity contribution < 1.29 is 17.9 Å². The molecule has 0 aliphatic carbocycles. The third-order valence-corrected chi connectivity index (χ3v) is 9.24. The van der Waals surface area contributed by atoms with Crippen LogP contribution in [0.15, 0.2) is 29.2 Å². The Balaban J connectivity index is 1.34. The van der Waals surface area contributed by atoms with Crippen LogP contribution in [0.4, 0.5) is 0 Å². The Labute approximate surface area is 199 Å². The van der Waals surface area contributed by atoms with Crippen LogP contribution in [0.2, 0.25) is 0 Å². The third-order valence-electron chi connectivity index (χ3n) is 7.41. The Morgan fingerprint density at radius 2 is 1.70 bits per heavy atom. The lowest BCUT2D eigenvalue weighted by Crippen LogP contribution is -2.42. The van der Waals surface area contributed by atoms with E-state index in [9.17, 15) is 13.2 Å². The number of rotatable bonds is 6. The first-order valence-electron chi connectivity index (χ1n) is 12.5. The van der Waals surface area contributed by atoms with Crippen LogP contribution < -0.4 is 0 Å². The van der Waals surface area contributed by atoms with E-state index in [-0.39, 0.29) is 10.8 Å². The molecule has 8 heteroatoms. The van der Waals surface area contributed by atoms with Crippen LogP contribution >= 0.6 is 0 Å². The van der Waals surface area contributed by atoms with Crippen molar-refractivity contribution in [2.75, 3.05) is 59.0 Å². The van der Waals surface area contributed by atoms with Gasteiger partial charge in [0.25, 0.3) is 5.91 Å². The molecule has 4 rings (SSSR count). The fraction of sp³-hybridized carbons (Fsp3) is 0.720. The second-order valence-electron chi connectivity index (χ2n) is 10.3. The number of nitrogens with zero attached hydrogens (tertiary/aromatic N) is 3. The van der Waals surface area contributed by atoms with Crippen LogP contribution in [0, 0.1) is 17.8 Å². The number of morpholine rings is 1. The number of likely N-dealkylation sites (tertiary alicyclic amines) is 1. The molecule has 1 amide bonds. The summed E-state index contributed by atoms with van der Waals surface area (Å²) in [7, 11) is -3.59. The summed E-state index contributed by atoms with van der Waals surface area (Å²) in [6, 6.07) is 6.64. The summed E-state index contributed by atoms with van der Waals surface area (Å²) in [4.78, 5) is 17.8. The van der Waals surface area contributed by atoms with Gasteiger partial charge in [0.05, 0.1) is 18.1 Å². The number of carbonyl (C=O) groups is 1. The molecule has 0 N–H and O–H groups in total. The molecular formula is C25H39N3O4S. The minimum atomic E-state index is -3.59. The molecule has 0 spiro atoms. The van der Waals surface area contributed by atoms with E-state index in [4.69, 9.17) is 4.74 Å². The van der Waals surface area contributed by atoms with Crippen molar-refractivity contribution in [3.8, 4) is 0 Å². The molecule has 0 bridgehead atoms. The molecule has 1 aromatic rings. The fourth-order valence-corrected chi connectivity index (χ4v) is 7.26. The third kappa shape index (κ3) is 6.15. The number of piperidine rings is 2. The summed E-state index contributed by atoms with van der Waals surface area (Å²) in [5.74, 6) is 1.28. The number of ether oxygens (including phenoxy) is 1. The van der Waals surface area contributed by atoms with Gasteiger partial charge >= 0.3 is 0 Å². The van der Waals surface area contributed by atoms with Gasteiger partial charge in [-0.1, -0.05) is 19.9 Å². The summed E-state index contributed by atoms with van der Waals surface area (Å²) in [5, 5.41) is 0. The topological polar surface area (TPSA) is 70.2 Å². The Bertz CT molecular complexity index is 898. The van der Waals surface area contributed by atoms with Crippen LogP contribution in [0.5, 0.6) is 0 Å². The van der Waals surface area contributed by atoms with Crippen molar-refractivity contribution in [1.82, 2.24) is 14.1 Å². The zero-order valence-electron chi connectivity index (χ0n) is 20.1. The van der Waals surface area contributed by atoms with E-state index in [1.165, 1.54) is 6.42 Å². The van der Waals surface area contributed by atoms with Gasteiger partial charge in [0, 0.05) is 44.8 Å². The zero-order chi connectivity index (χ0) is 23.4. The minimum absolute atomic E-state index is 0.0564. The molecule has 0 aromatic heterocycles. The minimum Gasteiger partial charge on any atom is -0.379 e. The lowest BCUT2D eigenvalue weighted by atomic mass is 9.93. The molecule has 3 aliphatic heterocycles. The monoisotopic (exact) mass is 477 g/mol. The van der Waals surface area contributed by atoms with E-state index < -0.39 is 10.0 Å². The van der Waals surface area contributed by atoms with Crippen LogP contribution in [-0.2, 0) is 14.8 Å². The highest BCUT2D eigenvalue weighted by Gasteiger charge is 2.32. The molecule has 7 nitrogen and oxygen atoms in total. The van der Waals surface area contributed by atoms with Crippen molar-refractivity contribution in [3.05, 3.63) is 29.8 Å². The average Bonchev–Trinajstić information content (AvgIpc) is 2.83. The first-order chi connectivity index (χ1) is 15.8. The Kier molecular flexibility index (Phi) is 8.10. The molecule has 2 atom stereocenters. The molecule has 3 fully saturated rings. The summed E-state index contributed by atoms with van der Waals surface area (Å²) in [6.45, 7) is 11.6. The van der Waals surface area contributed by atoms with Gasteiger partial charge < -0.3 is 9.64 Å². The van der Waals surface area contributed by atoms with E-state index in [1.807, 2.05) is 4.90 Å². The van der Waals surface area contributed by atoms with Crippen LogP contribution in [-0.4, -0.2) is 87.5 Å². The Hall–Kier alpha value is -1.48. The molecule has 3 saturated heterocycles. The van der Waals surface area contributed by atoms with Gasteiger partial charge in [-0.05, 0) is 68.2 Å².